The fraction of sp³-hybridized carbons (Fsp3) is 0.235. The first-order chi connectivity index (χ1) is 12.3. The number of amides is 1. The predicted octanol–water partition coefficient (Wildman–Crippen LogP) is 3.71. The molecule has 2 rings (SSSR count). The van der Waals surface area contributed by atoms with E-state index >= 15 is 0 Å². The molecular weight excluding hydrogens is 426 g/mol. The van der Waals surface area contributed by atoms with E-state index in [9.17, 15) is 19.5 Å². The molecule has 26 heavy (non-hydrogen) atoms. The fourth-order valence-electron chi connectivity index (χ4n) is 2.39. The molecule has 0 bridgehead atoms. The lowest BCUT2D eigenvalue weighted by Gasteiger charge is -2.19. The predicted molar refractivity (Wildman–Crippen MR) is 101 cm³/mol. The van der Waals surface area contributed by atoms with E-state index in [2.05, 4.69) is 15.9 Å². The lowest BCUT2D eigenvalue weighted by Crippen LogP contribution is -2.27. The number of hydrogen-bond acceptors (Lipinski definition) is 5. The largest absolute Gasteiger partial charge is 0.479 e. The van der Waals surface area contributed by atoms with Gasteiger partial charge in [-0.15, -0.1) is 11.3 Å². The lowest BCUT2D eigenvalue weighted by molar-refractivity contribution is -0.139. The van der Waals surface area contributed by atoms with Crippen LogP contribution < -0.4 is 9.64 Å². The number of anilines is 1. The summed E-state index contributed by atoms with van der Waals surface area (Å²) in [6.07, 6.45) is 0. The van der Waals surface area contributed by atoms with Crippen molar-refractivity contribution in [3.05, 3.63) is 33.6 Å². The Labute approximate surface area is 161 Å². The monoisotopic (exact) mass is 441 g/mol. The van der Waals surface area contributed by atoms with Gasteiger partial charge in [0.25, 0.3) is 0 Å². The summed E-state index contributed by atoms with van der Waals surface area (Å²) in [7, 11) is 0. The summed E-state index contributed by atoms with van der Waals surface area (Å²) in [6, 6.07) is 7.10. The molecule has 138 valence electrons. The van der Waals surface area contributed by atoms with E-state index in [1.165, 1.54) is 6.92 Å². The molecule has 0 atom stereocenters. The molecule has 0 aliphatic carbocycles. The van der Waals surface area contributed by atoms with Gasteiger partial charge in [0.1, 0.15) is 0 Å². The van der Waals surface area contributed by atoms with Crippen LogP contribution in [0.1, 0.15) is 23.5 Å². The summed E-state index contributed by atoms with van der Waals surface area (Å²) >= 11 is 4.28. The molecule has 0 aliphatic heterocycles. The van der Waals surface area contributed by atoms with Crippen LogP contribution in [-0.2, 0) is 9.59 Å². The van der Waals surface area contributed by atoms with Gasteiger partial charge in [-0.2, -0.15) is 0 Å². The molecule has 1 heterocycles. The van der Waals surface area contributed by atoms with E-state index in [-0.39, 0.29) is 16.5 Å². The van der Waals surface area contributed by atoms with Gasteiger partial charge in [-0.1, -0.05) is 12.1 Å². The molecule has 0 fully saturated rings. The van der Waals surface area contributed by atoms with Crippen LogP contribution >= 0.6 is 27.3 Å². The number of ether oxygens (including phenoxy) is 1. The third-order valence-electron chi connectivity index (χ3n) is 3.46. The van der Waals surface area contributed by atoms with E-state index < -0.39 is 18.5 Å². The van der Waals surface area contributed by atoms with E-state index in [0.717, 1.165) is 11.3 Å². The number of halogens is 1. The van der Waals surface area contributed by atoms with Crippen LogP contribution in [0.3, 0.4) is 0 Å². The number of carboxylic acids is 2. The number of aromatic carboxylic acids is 1. The van der Waals surface area contributed by atoms with Crippen molar-refractivity contribution >= 4 is 50.8 Å². The van der Waals surface area contributed by atoms with Crippen molar-refractivity contribution in [1.82, 2.24) is 0 Å². The maximum Gasteiger partial charge on any atom is 0.349 e. The summed E-state index contributed by atoms with van der Waals surface area (Å²) in [5, 5.41) is 18.2. The Kier molecular flexibility index (Phi) is 6.38. The summed E-state index contributed by atoms with van der Waals surface area (Å²) in [5.41, 5.74) is 1.37. The van der Waals surface area contributed by atoms with Crippen LogP contribution in [-0.4, -0.2) is 41.2 Å². The normalized spacial score (nSPS) is 10.4. The Hall–Kier alpha value is -2.39. The molecule has 2 N–H and O–H groups in total. The van der Waals surface area contributed by atoms with Crippen LogP contribution in [0.2, 0.25) is 0 Å². The van der Waals surface area contributed by atoms with E-state index in [4.69, 9.17) is 9.84 Å². The van der Waals surface area contributed by atoms with Crippen molar-refractivity contribution in [1.29, 1.82) is 0 Å². The molecule has 1 aromatic carbocycles. The smallest absolute Gasteiger partial charge is 0.349 e. The van der Waals surface area contributed by atoms with Gasteiger partial charge in [-0.3, -0.25) is 4.79 Å². The van der Waals surface area contributed by atoms with Crippen LogP contribution in [0, 0.1) is 0 Å². The highest BCUT2D eigenvalue weighted by molar-refractivity contribution is 9.10. The minimum absolute atomic E-state index is 0.0239. The van der Waals surface area contributed by atoms with Gasteiger partial charge >= 0.3 is 11.9 Å². The molecule has 2 aromatic rings. The minimum Gasteiger partial charge on any atom is -0.479 e. The van der Waals surface area contributed by atoms with Gasteiger partial charge in [-0.05, 0) is 40.5 Å². The second-order valence-corrected chi connectivity index (χ2v) is 7.02. The van der Waals surface area contributed by atoms with Gasteiger partial charge < -0.3 is 19.8 Å². The average molecular weight is 442 g/mol. The molecule has 1 aromatic heterocycles. The highest BCUT2D eigenvalue weighted by atomic mass is 79.9. The number of carbonyl (C=O) groups is 3. The molecule has 0 saturated heterocycles. The first-order valence-electron chi connectivity index (χ1n) is 7.55. The molecule has 9 heteroatoms. The number of benzene rings is 1. The fourth-order valence-corrected chi connectivity index (χ4v) is 4.28. The number of thiophene rings is 1. The SMILES string of the molecule is CCN(C(C)=O)c1cccc(-c2sc(C(=O)O)c(OCC(=O)O)c2Br)c1. The highest BCUT2D eigenvalue weighted by Gasteiger charge is 2.24. The van der Waals surface area contributed by atoms with Gasteiger partial charge in [0.2, 0.25) is 5.91 Å². The molecular formula is C17H16BrNO6S. The lowest BCUT2D eigenvalue weighted by atomic mass is 10.1. The van der Waals surface area contributed by atoms with Gasteiger partial charge in [-0.25, -0.2) is 9.59 Å². The Bertz CT molecular complexity index is 863. The van der Waals surface area contributed by atoms with Crippen molar-refractivity contribution < 1.29 is 29.3 Å². The number of nitrogens with zero attached hydrogens (tertiary/aromatic N) is 1. The Morgan fingerprint density at radius 2 is 1.96 bits per heavy atom. The van der Waals surface area contributed by atoms with Crippen molar-refractivity contribution in [2.45, 2.75) is 13.8 Å². The van der Waals surface area contributed by atoms with Crippen LogP contribution in [0.15, 0.2) is 28.7 Å². The molecule has 0 spiro atoms. The van der Waals surface area contributed by atoms with E-state index in [1.54, 1.807) is 29.2 Å². The first kappa shape index (κ1) is 19.9. The Morgan fingerprint density at radius 1 is 1.27 bits per heavy atom. The van der Waals surface area contributed by atoms with Crippen LogP contribution in [0.5, 0.6) is 5.75 Å². The van der Waals surface area contributed by atoms with Gasteiger partial charge in [0.05, 0.1) is 9.35 Å². The molecule has 0 aliphatic rings. The summed E-state index contributed by atoms with van der Waals surface area (Å²) in [4.78, 5) is 36.0. The molecule has 0 radical (unpaired) electrons. The van der Waals surface area contributed by atoms with Crippen LogP contribution in [0.25, 0.3) is 10.4 Å². The van der Waals surface area contributed by atoms with Crippen molar-refractivity contribution in [2.75, 3.05) is 18.1 Å². The minimum atomic E-state index is -1.21. The van der Waals surface area contributed by atoms with Gasteiger partial charge in [0, 0.05) is 19.2 Å². The third kappa shape index (κ3) is 4.23. The van der Waals surface area contributed by atoms with Crippen molar-refractivity contribution in [2.24, 2.45) is 0 Å². The Morgan fingerprint density at radius 3 is 2.50 bits per heavy atom. The zero-order valence-electron chi connectivity index (χ0n) is 14.0. The standard InChI is InChI=1S/C17H16BrNO6S/c1-3-19(9(2)20)11-6-4-5-10(7-11)15-13(18)14(25-8-12(21)22)16(26-15)17(23)24/h4-7H,3,8H2,1-2H3,(H,21,22)(H,23,24). The number of carboxylic acid groups (broad SMARTS) is 2. The quantitative estimate of drug-likeness (QED) is 0.678. The number of aliphatic carboxylic acids is 1. The highest BCUT2D eigenvalue weighted by Crippen LogP contribution is 2.46. The number of hydrogen-bond donors (Lipinski definition) is 2. The molecule has 0 saturated carbocycles. The first-order valence-corrected chi connectivity index (χ1v) is 9.15. The number of carbonyl (C=O) groups excluding carboxylic acids is 1. The topological polar surface area (TPSA) is 104 Å². The zero-order valence-corrected chi connectivity index (χ0v) is 16.4. The average Bonchev–Trinajstić information content (AvgIpc) is 2.90. The maximum atomic E-state index is 11.8. The molecule has 0 unspecified atom stereocenters. The van der Waals surface area contributed by atoms with Gasteiger partial charge in [0.15, 0.2) is 17.2 Å². The van der Waals surface area contributed by atoms with Crippen LogP contribution in [0.4, 0.5) is 5.69 Å². The molecule has 1 amide bonds. The van der Waals surface area contributed by atoms with Crippen molar-refractivity contribution in [3.63, 3.8) is 0 Å². The Balaban J connectivity index is 2.52. The number of rotatable bonds is 7. The zero-order chi connectivity index (χ0) is 19.4. The second kappa shape index (κ2) is 8.33. The maximum absolute atomic E-state index is 11.8. The third-order valence-corrected chi connectivity index (χ3v) is 5.69. The molecule has 7 nitrogen and oxygen atoms in total. The summed E-state index contributed by atoms with van der Waals surface area (Å²) < 4.78 is 5.51. The van der Waals surface area contributed by atoms with Crippen molar-refractivity contribution in [3.8, 4) is 16.2 Å². The van der Waals surface area contributed by atoms with E-state index in [0.29, 0.717) is 27.1 Å². The summed E-state index contributed by atoms with van der Waals surface area (Å²) in [6.45, 7) is 3.17. The summed E-state index contributed by atoms with van der Waals surface area (Å²) in [5.74, 6) is -2.55. The second-order valence-electron chi connectivity index (χ2n) is 5.20. The van der Waals surface area contributed by atoms with E-state index in [1.807, 2.05) is 6.92 Å².